The van der Waals surface area contributed by atoms with E-state index in [1.807, 2.05) is 18.2 Å². The zero-order chi connectivity index (χ0) is 29.9. The number of fused-ring (bicyclic) bond motifs is 2. The van der Waals surface area contributed by atoms with E-state index in [-0.39, 0.29) is 55.0 Å². The van der Waals surface area contributed by atoms with Gasteiger partial charge < -0.3 is 18.9 Å². The van der Waals surface area contributed by atoms with Crippen LogP contribution in [0, 0.1) is 11.7 Å². The zero-order valence-electron chi connectivity index (χ0n) is 26.2. The Balaban J connectivity index is 0.00000264. The SMILES string of the molecule is COCC(=O)O[C@]1(CCN(C)Cc2ccc(Cc3nc4ccccc4n3C)cc2)CCc2cc(F)ccc2[C@@H]1C(C)C.Cl.Cl. The highest BCUT2D eigenvalue weighted by Gasteiger charge is 2.47. The molecule has 0 unspecified atom stereocenters. The van der Waals surface area contributed by atoms with Crippen molar-refractivity contribution in [1.82, 2.24) is 14.5 Å². The van der Waals surface area contributed by atoms with Crippen LogP contribution in [0.25, 0.3) is 11.0 Å². The van der Waals surface area contributed by atoms with Crippen LogP contribution < -0.4 is 0 Å². The fourth-order valence-corrected chi connectivity index (χ4v) is 6.74. The average Bonchev–Trinajstić information content (AvgIpc) is 3.27. The number of rotatable bonds is 11. The van der Waals surface area contributed by atoms with Crippen LogP contribution in [0.1, 0.15) is 60.7 Å². The lowest BCUT2D eigenvalue weighted by molar-refractivity contribution is -0.172. The minimum atomic E-state index is -0.682. The van der Waals surface area contributed by atoms with Crippen molar-refractivity contribution >= 4 is 41.8 Å². The lowest BCUT2D eigenvalue weighted by atomic mass is 9.65. The molecule has 0 radical (unpaired) electrons. The van der Waals surface area contributed by atoms with Gasteiger partial charge in [-0.05, 0) is 72.3 Å². The predicted octanol–water partition coefficient (Wildman–Crippen LogP) is 7.28. The Morgan fingerprint density at radius 3 is 2.48 bits per heavy atom. The maximum absolute atomic E-state index is 14.1. The molecule has 238 valence electrons. The first-order valence-corrected chi connectivity index (χ1v) is 14.8. The minimum absolute atomic E-state index is 0. The predicted molar refractivity (Wildman–Crippen MR) is 178 cm³/mol. The summed E-state index contributed by atoms with van der Waals surface area (Å²) in [6.45, 7) is 5.76. The first-order chi connectivity index (χ1) is 20.2. The van der Waals surface area contributed by atoms with Crippen molar-refractivity contribution in [3.63, 3.8) is 0 Å². The standard InChI is InChI=1S/C35H42FN3O3.2ClH/c1-24(2)34-29-15-14-28(36)21-27(29)16-17-35(34,42-33(40)23-41-5)18-19-38(3)22-26-12-10-25(11-13-26)20-32-37-30-8-6-7-9-31(30)39(32)4;;/h6-15,21,24,34H,16-20,22-23H2,1-5H3;2*1H/t34-,35-;;/m0../s1. The highest BCUT2D eigenvalue weighted by atomic mass is 35.5. The number of esters is 1. The summed E-state index contributed by atoms with van der Waals surface area (Å²) in [7, 11) is 5.68. The van der Waals surface area contributed by atoms with Crippen LogP contribution in [-0.2, 0) is 40.7 Å². The maximum atomic E-state index is 14.1. The number of aryl methyl sites for hydroxylation is 2. The van der Waals surface area contributed by atoms with E-state index in [9.17, 15) is 9.18 Å². The van der Waals surface area contributed by atoms with Crippen LogP contribution >= 0.6 is 24.8 Å². The van der Waals surface area contributed by atoms with Gasteiger partial charge in [0.05, 0.1) is 11.0 Å². The quantitative estimate of drug-likeness (QED) is 0.161. The van der Waals surface area contributed by atoms with Crippen molar-refractivity contribution in [2.24, 2.45) is 13.0 Å². The molecule has 6 nitrogen and oxygen atoms in total. The number of nitrogens with zero attached hydrogens (tertiary/aromatic N) is 3. The zero-order valence-corrected chi connectivity index (χ0v) is 27.8. The van der Waals surface area contributed by atoms with E-state index in [2.05, 4.69) is 73.8 Å². The van der Waals surface area contributed by atoms with Gasteiger partial charge in [0.25, 0.3) is 0 Å². The molecule has 44 heavy (non-hydrogen) atoms. The summed E-state index contributed by atoms with van der Waals surface area (Å²) < 4.78 is 27.6. The lowest BCUT2D eigenvalue weighted by Crippen LogP contribution is -2.49. The van der Waals surface area contributed by atoms with Crippen molar-refractivity contribution < 1.29 is 18.7 Å². The average molecular weight is 645 g/mol. The number of benzene rings is 3. The fourth-order valence-electron chi connectivity index (χ4n) is 6.74. The Morgan fingerprint density at radius 2 is 1.80 bits per heavy atom. The Kier molecular flexibility index (Phi) is 12.4. The van der Waals surface area contributed by atoms with Crippen molar-refractivity contribution in [2.75, 3.05) is 27.3 Å². The van der Waals surface area contributed by atoms with Gasteiger partial charge in [-0.25, -0.2) is 14.2 Å². The van der Waals surface area contributed by atoms with Gasteiger partial charge in [-0.3, -0.25) is 0 Å². The van der Waals surface area contributed by atoms with Crippen molar-refractivity contribution in [3.05, 3.63) is 101 Å². The summed E-state index contributed by atoms with van der Waals surface area (Å²) >= 11 is 0. The Hall–Kier alpha value is -2.97. The molecule has 0 saturated carbocycles. The number of ether oxygens (including phenoxy) is 2. The number of hydrogen-bond donors (Lipinski definition) is 0. The topological polar surface area (TPSA) is 56.6 Å². The largest absolute Gasteiger partial charge is 0.457 e. The smallest absolute Gasteiger partial charge is 0.332 e. The third-order valence-electron chi connectivity index (χ3n) is 8.70. The fraction of sp³-hybridized carbons (Fsp3) is 0.429. The van der Waals surface area contributed by atoms with Gasteiger partial charge in [-0.2, -0.15) is 0 Å². The monoisotopic (exact) mass is 643 g/mol. The summed E-state index contributed by atoms with van der Waals surface area (Å²) in [5.41, 5.74) is 6.03. The van der Waals surface area contributed by atoms with E-state index in [4.69, 9.17) is 14.5 Å². The molecule has 5 rings (SSSR count). The number of imidazole rings is 1. The normalized spacial score (nSPS) is 17.7. The van der Waals surface area contributed by atoms with Crippen LogP contribution in [0.5, 0.6) is 0 Å². The molecule has 0 N–H and O–H groups in total. The van der Waals surface area contributed by atoms with Crippen LogP contribution in [-0.4, -0.2) is 53.3 Å². The Morgan fingerprint density at radius 1 is 1.09 bits per heavy atom. The number of hydrogen-bond acceptors (Lipinski definition) is 5. The highest BCUT2D eigenvalue weighted by molar-refractivity contribution is 5.85. The van der Waals surface area contributed by atoms with E-state index in [0.717, 1.165) is 47.5 Å². The molecule has 0 aliphatic heterocycles. The van der Waals surface area contributed by atoms with Crippen molar-refractivity contribution in [2.45, 2.75) is 57.6 Å². The number of aromatic nitrogens is 2. The second kappa shape index (κ2) is 15.3. The van der Waals surface area contributed by atoms with Crippen molar-refractivity contribution in [3.8, 4) is 0 Å². The molecule has 1 aliphatic rings. The number of carbonyl (C=O) groups excluding carboxylic acids is 1. The molecule has 0 saturated heterocycles. The number of para-hydroxylation sites is 2. The molecular formula is C35H44Cl2FN3O3. The molecular weight excluding hydrogens is 600 g/mol. The Bertz CT molecular complexity index is 1540. The molecule has 0 bridgehead atoms. The summed E-state index contributed by atoms with van der Waals surface area (Å²) in [5, 5.41) is 0. The second-order valence-electron chi connectivity index (χ2n) is 12.1. The molecule has 0 fully saturated rings. The first kappa shape index (κ1) is 35.5. The third-order valence-corrected chi connectivity index (χ3v) is 8.70. The van der Waals surface area contributed by atoms with Gasteiger partial charge in [-0.1, -0.05) is 56.3 Å². The number of carbonyl (C=O) groups is 1. The number of halogens is 3. The Labute approximate surface area is 272 Å². The van der Waals surface area contributed by atoms with Crippen LogP contribution in [0.2, 0.25) is 0 Å². The number of methoxy groups -OCH3 is 1. The van der Waals surface area contributed by atoms with E-state index in [1.54, 1.807) is 6.07 Å². The van der Waals surface area contributed by atoms with Crippen LogP contribution in [0.4, 0.5) is 4.39 Å². The van der Waals surface area contributed by atoms with Crippen LogP contribution in [0.3, 0.4) is 0 Å². The van der Waals surface area contributed by atoms with E-state index in [1.165, 1.54) is 24.3 Å². The van der Waals surface area contributed by atoms with E-state index >= 15 is 0 Å². The van der Waals surface area contributed by atoms with E-state index in [0.29, 0.717) is 19.3 Å². The van der Waals surface area contributed by atoms with Crippen LogP contribution in [0.15, 0.2) is 66.7 Å². The van der Waals surface area contributed by atoms with Gasteiger partial charge in [0.1, 0.15) is 23.8 Å². The second-order valence-corrected chi connectivity index (χ2v) is 12.1. The van der Waals surface area contributed by atoms with Gasteiger partial charge in [-0.15, -0.1) is 24.8 Å². The van der Waals surface area contributed by atoms with E-state index < -0.39 is 5.60 Å². The molecule has 1 aliphatic carbocycles. The van der Waals surface area contributed by atoms with Crippen molar-refractivity contribution in [1.29, 1.82) is 0 Å². The van der Waals surface area contributed by atoms with Gasteiger partial charge in [0.15, 0.2) is 0 Å². The molecule has 0 amide bonds. The third kappa shape index (κ3) is 7.81. The van der Waals surface area contributed by atoms with Gasteiger partial charge >= 0.3 is 5.97 Å². The summed E-state index contributed by atoms with van der Waals surface area (Å²) in [6, 6.07) is 22.0. The summed E-state index contributed by atoms with van der Waals surface area (Å²) in [4.78, 5) is 19.9. The maximum Gasteiger partial charge on any atom is 0.332 e. The minimum Gasteiger partial charge on any atom is -0.457 e. The molecule has 3 aromatic carbocycles. The molecule has 1 heterocycles. The lowest BCUT2D eigenvalue weighted by Gasteiger charge is -2.47. The van der Waals surface area contributed by atoms with Gasteiger partial charge in [0, 0.05) is 46.0 Å². The van der Waals surface area contributed by atoms with Gasteiger partial charge in [0.2, 0.25) is 0 Å². The summed E-state index contributed by atoms with van der Waals surface area (Å²) in [5.74, 6) is 0.648. The molecule has 0 spiro atoms. The molecule has 4 aromatic rings. The first-order valence-electron chi connectivity index (χ1n) is 14.8. The highest BCUT2D eigenvalue weighted by Crippen LogP contribution is 2.48. The molecule has 1 aromatic heterocycles. The molecule has 2 atom stereocenters. The molecule has 9 heteroatoms. The summed E-state index contributed by atoms with van der Waals surface area (Å²) in [6.07, 6.45) is 2.79.